The van der Waals surface area contributed by atoms with Crippen LogP contribution in [0.5, 0.6) is 0 Å². The summed E-state index contributed by atoms with van der Waals surface area (Å²) in [5, 5.41) is 4.86. The van der Waals surface area contributed by atoms with E-state index in [2.05, 4.69) is 10.3 Å². The van der Waals surface area contributed by atoms with Crippen LogP contribution < -0.4 is 5.32 Å². The van der Waals surface area contributed by atoms with Gasteiger partial charge in [0.2, 0.25) is 11.8 Å². The lowest BCUT2D eigenvalue weighted by Gasteiger charge is -2.35. The maximum Gasteiger partial charge on any atom is 0.331 e. The third kappa shape index (κ3) is 3.76. The van der Waals surface area contributed by atoms with Gasteiger partial charge < -0.3 is 14.5 Å². The van der Waals surface area contributed by atoms with Gasteiger partial charge in [-0.2, -0.15) is 0 Å². The fraction of sp³-hybridized carbons (Fsp3) is 0.500. The summed E-state index contributed by atoms with van der Waals surface area (Å²) in [6.07, 6.45) is 4.19. The molecule has 1 saturated carbocycles. The number of amides is 1. The highest BCUT2D eigenvalue weighted by Gasteiger charge is 2.42. The lowest BCUT2D eigenvalue weighted by Crippen LogP contribution is -2.56. The molecular weight excluding hydrogens is 340 g/mol. The largest absolute Gasteiger partial charge is 0.467 e. The molecule has 2 aromatic rings. The smallest absolute Gasteiger partial charge is 0.331 e. The minimum absolute atomic E-state index is 0.0828. The van der Waals surface area contributed by atoms with Crippen LogP contribution in [0, 0.1) is 6.92 Å². The number of ether oxygens (including phenoxy) is 1. The molecule has 0 saturated heterocycles. The lowest BCUT2D eigenvalue weighted by atomic mass is 9.81. The zero-order valence-electron chi connectivity index (χ0n) is 14.5. The van der Waals surface area contributed by atoms with Crippen molar-refractivity contribution in [2.75, 3.05) is 7.11 Å². The van der Waals surface area contributed by atoms with Gasteiger partial charge in [0.1, 0.15) is 11.3 Å². The summed E-state index contributed by atoms with van der Waals surface area (Å²) in [5.74, 6) is 0.545. The average Bonchev–Trinajstić information content (AvgIpc) is 3.25. The summed E-state index contributed by atoms with van der Waals surface area (Å²) in [6.45, 7) is 1.80. The molecule has 1 amide bonds. The number of esters is 1. The van der Waals surface area contributed by atoms with Crippen LogP contribution in [0.3, 0.4) is 0 Å². The molecule has 134 valence electrons. The highest BCUT2D eigenvalue weighted by atomic mass is 32.1. The lowest BCUT2D eigenvalue weighted by molar-refractivity contribution is -0.152. The molecule has 0 bridgehead atoms. The summed E-state index contributed by atoms with van der Waals surface area (Å²) in [6, 6.07) is 3.85. The molecule has 0 radical (unpaired) electrons. The van der Waals surface area contributed by atoms with E-state index in [4.69, 9.17) is 9.15 Å². The van der Waals surface area contributed by atoms with Crippen LogP contribution in [0.1, 0.15) is 43.6 Å². The number of hydrogen-bond donors (Lipinski definition) is 1. The van der Waals surface area contributed by atoms with Gasteiger partial charge in [0, 0.05) is 0 Å². The number of aromatic nitrogens is 1. The van der Waals surface area contributed by atoms with Crippen molar-refractivity contribution in [1.82, 2.24) is 10.3 Å². The topological polar surface area (TPSA) is 81.4 Å². The van der Waals surface area contributed by atoms with Crippen LogP contribution in [0.4, 0.5) is 0 Å². The molecule has 0 atom stereocenters. The number of nitrogens with one attached hydrogen (secondary N) is 1. The van der Waals surface area contributed by atoms with E-state index in [0.29, 0.717) is 30.2 Å². The molecule has 25 heavy (non-hydrogen) atoms. The molecule has 1 aliphatic rings. The summed E-state index contributed by atoms with van der Waals surface area (Å²) < 4.78 is 10.6. The van der Waals surface area contributed by atoms with E-state index < -0.39 is 5.54 Å². The number of thiophene rings is 1. The van der Waals surface area contributed by atoms with Crippen LogP contribution in [0.15, 0.2) is 21.9 Å². The first-order chi connectivity index (χ1) is 12.0. The van der Waals surface area contributed by atoms with Crippen molar-refractivity contribution in [3.8, 4) is 10.8 Å². The quantitative estimate of drug-likeness (QED) is 0.826. The Kier molecular flexibility index (Phi) is 5.22. The number of rotatable bonds is 5. The Morgan fingerprint density at radius 1 is 1.36 bits per heavy atom. The van der Waals surface area contributed by atoms with Crippen molar-refractivity contribution in [1.29, 1.82) is 0 Å². The van der Waals surface area contributed by atoms with Gasteiger partial charge in [-0.3, -0.25) is 4.79 Å². The number of carbonyl (C=O) groups excluding carboxylic acids is 2. The molecule has 6 nitrogen and oxygen atoms in total. The number of hydrogen-bond acceptors (Lipinski definition) is 6. The van der Waals surface area contributed by atoms with Gasteiger partial charge in [-0.1, -0.05) is 25.3 Å². The molecule has 0 unspecified atom stereocenters. The molecule has 0 aliphatic heterocycles. The molecule has 2 heterocycles. The fourth-order valence-corrected chi connectivity index (χ4v) is 3.94. The van der Waals surface area contributed by atoms with E-state index in [1.54, 1.807) is 6.92 Å². The monoisotopic (exact) mass is 362 g/mol. The second kappa shape index (κ2) is 7.39. The Morgan fingerprint density at radius 2 is 2.12 bits per heavy atom. The Balaban J connectivity index is 1.72. The first-order valence-corrected chi connectivity index (χ1v) is 9.32. The number of aryl methyl sites for hydroxylation is 1. The highest BCUT2D eigenvalue weighted by molar-refractivity contribution is 7.13. The SMILES string of the molecule is COC(=O)C1(NC(=O)Cc2nc(-c3cccs3)oc2C)CCCCC1. The van der Waals surface area contributed by atoms with Crippen molar-refractivity contribution in [2.45, 2.75) is 51.0 Å². The highest BCUT2D eigenvalue weighted by Crippen LogP contribution is 2.30. The van der Waals surface area contributed by atoms with Gasteiger partial charge >= 0.3 is 5.97 Å². The van der Waals surface area contributed by atoms with Crippen LogP contribution in [0.2, 0.25) is 0 Å². The minimum atomic E-state index is -0.904. The second-order valence-corrected chi connectivity index (χ2v) is 7.31. The predicted molar refractivity (Wildman–Crippen MR) is 94.2 cm³/mol. The third-order valence-corrected chi connectivity index (χ3v) is 5.47. The van der Waals surface area contributed by atoms with Crippen LogP contribution in [0.25, 0.3) is 10.8 Å². The molecule has 1 fully saturated rings. The van der Waals surface area contributed by atoms with Crippen molar-refractivity contribution in [3.63, 3.8) is 0 Å². The van der Waals surface area contributed by atoms with Crippen molar-refractivity contribution >= 4 is 23.2 Å². The van der Waals surface area contributed by atoms with Gasteiger partial charge in [-0.15, -0.1) is 11.3 Å². The molecule has 1 N–H and O–H groups in total. The standard InChI is InChI=1S/C18H22N2O4S/c1-12-13(19-16(24-12)14-7-6-10-25-14)11-15(21)20-18(17(22)23-2)8-4-3-5-9-18/h6-7,10H,3-5,8-9,11H2,1-2H3,(H,20,21). The van der Waals surface area contributed by atoms with E-state index >= 15 is 0 Å². The molecule has 2 aromatic heterocycles. The minimum Gasteiger partial charge on any atom is -0.467 e. The molecular formula is C18H22N2O4S. The summed E-state index contributed by atoms with van der Waals surface area (Å²) >= 11 is 1.53. The maximum atomic E-state index is 12.6. The Bertz CT molecular complexity index is 745. The van der Waals surface area contributed by atoms with E-state index in [9.17, 15) is 9.59 Å². The van der Waals surface area contributed by atoms with Gasteiger partial charge in [-0.25, -0.2) is 9.78 Å². The van der Waals surface area contributed by atoms with Gasteiger partial charge in [0.05, 0.1) is 24.1 Å². The van der Waals surface area contributed by atoms with Crippen LogP contribution >= 0.6 is 11.3 Å². The molecule has 1 aliphatic carbocycles. The average molecular weight is 362 g/mol. The maximum absolute atomic E-state index is 12.6. The summed E-state index contributed by atoms with van der Waals surface area (Å²) in [4.78, 5) is 30.2. The summed E-state index contributed by atoms with van der Waals surface area (Å²) in [7, 11) is 1.36. The van der Waals surface area contributed by atoms with Gasteiger partial charge in [-0.05, 0) is 31.2 Å². The van der Waals surface area contributed by atoms with Crippen molar-refractivity contribution in [3.05, 3.63) is 29.0 Å². The first-order valence-electron chi connectivity index (χ1n) is 8.44. The van der Waals surface area contributed by atoms with E-state index in [1.807, 2.05) is 17.5 Å². The second-order valence-electron chi connectivity index (χ2n) is 6.36. The molecule has 0 aromatic carbocycles. The Hall–Kier alpha value is -2.15. The molecule has 3 rings (SSSR count). The van der Waals surface area contributed by atoms with Gasteiger partial charge in [0.25, 0.3) is 0 Å². The zero-order valence-corrected chi connectivity index (χ0v) is 15.3. The number of carbonyl (C=O) groups is 2. The van der Waals surface area contributed by atoms with Gasteiger partial charge in [0.15, 0.2) is 0 Å². The third-order valence-electron chi connectivity index (χ3n) is 4.61. The summed E-state index contributed by atoms with van der Waals surface area (Å²) in [5.41, 5.74) is -0.310. The van der Waals surface area contributed by atoms with Crippen molar-refractivity contribution < 1.29 is 18.7 Å². The fourth-order valence-electron chi connectivity index (χ4n) is 3.29. The van der Waals surface area contributed by atoms with E-state index in [-0.39, 0.29) is 18.3 Å². The zero-order chi connectivity index (χ0) is 17.9. The van der Waals surface area contributed by atoms with E-state index in [1.165, 1.54) is 18.4 Å². The molecule has 7 heteroatoms. The Labute approximate surface area is 150 Å². The normalized spacial score (nSPS) is 16.4. The van der Waals surface area contributed by atoms with Crippen LogP contribution in [-0.4, -0.2) is 29.5 Å². The number of nitrogens with zero attached hydrogens (tertiary/aromatic N) is 1. The molecule has 0 spiro atoms. The predicted octanol–water partition coefficient (Wildman–Crippen LogP) is 3.25. The van der Waals surface area contributed by atoms with Crippen molar-refractivity contribution in [2.24, 2.45) is 0 Å². The number of oxazole rings is 1. The van der Waals surface area contributed by atoms with E-state index in [0.717, 1.165) is 24.1 Å². The Morgan fingerprint density at radius 3 is 2.76 bits per heavy atom. The number of methoxy groups -OCH3 is 1. The van der Waals surface area contributed by atoms with Crippen LogP contribution in [-0.2, 0) is 20.7 Å². The first kappa shape index (κ1) is 17.7.